The van der Waals surface area contributed by atoms with Gasteiger partial charge in [0.25, 0.3) is 5.91 Å². The van der Waals surface area contributed by atoms with Crippen LogP contribution in [0.3, 0.4) is 0 Å². The van der Waals surface area contributed by atoms with Gasteiger partial charge in [-0.15, -0.1) is 0 Å². The maximum atomic E-state index is 13.0. The van der Waals surface area contributed by atoms with Gasteiger partial charge in [-0.2, -0.15) is 10.2 Å². The van der Waals surface area contributed by atoms with Crippen LogP contribution in [0.4, 0.5) is 4.39 Å². The number of hydrazone groups is 1. The fraction of sp³-hybridized carbons (Fsp3) is 0. The molecule has 1 amide bonds. The van der Waals surface area contributed by atoms with Crippen LogP contribution in [-0.4, -0.2) is 22.3 Å². The summed E-state index contributed by atoms with van der Waals surface area (Å²) in [5.74, 6) is -0.784. The molecule has 0 radical (unpaired) electrons. The summed E-state index contributed by atoms with van der Waals surface area (Å²) in [5.41, 5.74) is 4.80. The Hall–Kier alpha value is -3.28. The Labute approximate surface area is 131 Å². The summed E-state index contributed by atoms with van der Waals surface area (Å²) >= 11 is 0. The molecule has 0 spiro atoms. The topological polar surface area (TPSA) is 70.1 Å². The highest BCUT2D eigenvalue weighted by Crippen LogP contribution is 2.16. The summed E-state index contributed by atoms with van der Waals surface area (Å²) < 4.78 is 13.0. The van der Waals surface area contributed by atoms with Gasteiger partial charge in [0.1, 0.15) is 11.5 Å². The molecule has 0 unspecified atom stereocenters. The van der Waals surface area contributed by atoms with Gasteiger partial charge in [-0.25, -0.2) is 9.82 Å². The second kappa shape index (κ2) is 6.65. The number of nitrogens with one attached hydrogen (secondary N) is 2. The minimum atomic E-state index is -0.424. The number of halogens is 1. The molecular weight excluding hydrogens is 295 g/mol. The molecule has 0 aliphatic rings. The second-order valence-electron chi connectivity index (χ2n) is 4.79. The van der Waals surface area contributed by atoms with E-state index in [4.69, 9.17) is 0 Å². The molecule has 0 atom stereocenters. The number of rotatable bonds is 4. The summed E-state index contributed by atoms with van der Waals surface area (Å²) in [6, 6.07) is 17.1. The third kappa shape index (κ3) is 3.68. The molecule has 0 saturated heterocycles. The number of carbonyl (C=O) groups excluding carboxylic acids is 1. The predicted octanol–water partition coefficient (Wildman–Crippen LogP) is 2.98. The largest absolute Gasteiger partial charge is 0.289 e. The lowest BCUT2D eigenvalue weighted by Crippen LogP contribution is -2.18. The molecule has 2 aromatic carbocycles. The van der Waals surface area contributed by atoms with E-state index in [0.29, 0.717) is 17.0 Å². The Morgan fingerprint density at radius 2 is 1.96 bits per heavy atom. The van der Waals surface area contributed by atoms with Crippen molar-refractivity contribution in [3.63, 3.8) is 0 Å². The van der Waals surface area contributed by atoms with Crippen LogP contribution in [0.25, 0.3) is 11.3 Å². The van der Waals surface area contributed by atoms with Crippen molar-refractivity contribution in [2.75, 3.05) is 0 Å². The number of H-pyrrole nitrogens is 1. The van der Waals surface area contributed by atoms with Crippen LogP contribution < -0.4 is 5.43 Å². The van der Waals surface area contributed by atoms with Crippen molar-refractivity contribution in [3.8, 4) is 11.3 Å². The highest BCUT2D eigenvalue weighted by atomic mass is 19.1. The van der Waals surface area contributed by atoms with E-state index in [-0.39, 0.29) is 5.82 Å². The van der Waals surface area contributed by atoms with Crippen molar-refractivity contribution >= 4 is 12.1 Å². The first-order chi connectivity index (χ1) is 11.2. The van der Waals surface area contributed by atoms with E-state index in [1.807, 2.05) is 30.3 Å². The van der Waals surface area contributed by atoms with Gasteiger partial charge in [0.05, 0.1) is 11.9 Å². The Morgan fingerprint density at radius 3 is 2.74 bits per heavy atom. The fourth-order valence-electron chi connectivity index (χ4n) is 2.01. The lowest BCUT2D eigenvalue weighted by Gasteiger charge is -1.96. The fourth-order valence-corrected chi connectivity index (χ4v) is 2.01. The van der Waals surface area contributed by atoms with E-state index in [1.54, 1.807) is 18.2 Å². The average Bonchev–Trinajstić information content (AvgIpc) is 3.06. The molecule has 23 heavy (non-hydrogen) atoms. The van der Waals surface area contributed by atoms with Crippen LogP contribution in [0.5, 0.6) is 0 Å². The van der Waals surface area contributed by atoms with Crippen LogP contribution >= 0.6 is 0 Å². The zero-order valence-electron chi connectivity index (χ0n) is 12.0. The van der Waals surface area contributed by atoms with Gasteiger partial charge in [-0.3, -0.25) is 9.89 Å². The monoisotopic (exact) mass is 308 g/mol. The Kier molecular flexibility index (Phi) is 4.24. The number of aromatic amines is 1. The van der Waals surface area contributed by atoms with Crippen LogP contribution in [0.15, 0.2) is 65.8 Å². The van der Waals surface area contributed by atoms with Crippen molar-refractivity contribution in [2.24, 2.45) is 5.10 Å². The van der Waals surface area contributed by atoms with E-state index in [1.165, 1.54) is 18.3 Å². The van der Waals surface area contributed by atoms with Crippen LogP contribution in [0.1, 0.15) is 16.1 Å². The lowest BCUT2D eigenvalue weighted by atomic mass is 10.1. The first-order valence-electron chi connectivity index (χ1n) is 6.92. The van der Waals surface area contributed by atoms with E-state index in [0.717, 1.165) is 5.56 Å². The summed E-state index contributed by atoms with van der Waals surface area (Å²) in [4.78, 5) is 12.0. The molecule has 5 nitrogen and oxygen atoms in total. The SMILES string of the molecule is O=C(NN=Cc1cccc(F)c1)c1cc(-c2ccccc2)n[nH]1. The smallest absolute Gasteiger partial charge is 0.272 e. The Balaban J connectivity index is 1.66. The molecule has 3 rings (SSSR count). The molecular formula is C17H13FN4O. The third-order valence-corrected chi connectivity index (χ3v) is 3.12. The number of hydrogen-bond donors (Lipinski definition) is 2. The van der Waals surface area contributed by atoms with Gasteiger partial charge in [-0.1, -0.05) is 42.5 Å². The molecule has 0 aliphatic heterocycles. The number of hydrogen-bond acceptors (Lipinski definition) is 3. The summed E-state index contributed by atoms with van der Waals surface area (Å²) in [7, 11) is 0. The van der Waals surface area contributed by atoms with Gasteiger partial charge in [0.2, 0.25) is 0 Å². The summed E-state index contributed by atoms with van der Waals surface area (Å²) in [6.07, 6.45) is 1.37. The first-order valence-corrected chi connectivity index (χ1v) is 6.92. The van der Waals surface area contributed by atoms with Gasteiger partial charge in [0, 0.05) is 5.56 Å². The maximum absolute atomic E-state index is 13.0. The van der Waals surface area contributed by atoms with Gasteiger partial charge >= 0.3 is 0 Å². The molecule has 0 saturated carbocycles. The van der Waals surface area contributed by atoms with E-state index in [2.05, 4.69) is 20.7 Å². The molecule has 0 aliphatic carbocycles. The second-order valence-corrected chi connectivity index (χ2v) is 4.79. The van der Waals surface area contributed by atoms with Crippen molar-refractivity contribution in [1.29, 1.82) is 0 Å². The number of amides is 1. The van der Waals surface area contributed by atoms with Crippen LogP contribution in [0, 0.1) is 5.82 Å². The maximum Gasteiger partial charge on any atom is 0.289 e. The molecule has 114 valence electrons. The minimum Gasteiger partial charge on any atom is -0.272 e. The number of carbonyl (C=O) groups is 1. The highest BCUT2D eigenvalue weighted by Gasteiger charge is 2.09. The predicted molar refractivity (Wildman–Crippen MR) is 85.5 cm³/mol. The summed E-state index contributed by atoms with van der Waals surface area (Å²) in [5, 5.41) is 10.6. The van der Waals surface area contributed by atoms with Crippen LogP contribution in [0.2, 0.25) is 0 Å². The van der Waals surface area contributed by atoms with Gasteiger partial charge in [0.15, 0.2) is 0 Å². The highest BCUT2D eigenvalue weighted by molar-refractivity contribution is 5.94. The van der Waals surface area contributed by atoms with E-state index >= 15 is 0 Å². The first kappa shape index (κ1) is 14.6. The van der Waals surface area contributed by atoms with Crippen LogP contribution in [-0.2, 0) is 0 Å². The van der Waals surface area contributed by atoms with Crippen molar-refractivity contribution in [1.82, 2.24) is 15.6 Å². The molecule has 0 fully saturated rings. The molecule has 1 aromatic heterocycles. The summed E-state index contributed by atoms with van der Waals surface area (Å²) in [6.45, 7) is 0. The van der Waals surface area contributed by atoms with Crippen molar-refractivity contribution < 1.29 is 9.18 Å². The quantitative estimate of drug-likeness (QED) is 0.574. The Bertz CT molecular complexity index is 843. The van der Waals surface area contributed by atoms with Crippen molar-refractivity contribution in [3.05, 3.63) is 77.7 Å². The lowest BCUT2D eigenvalue weighted by molar-refractivity contribution is 0.0950. The number of aromatic nitrogens is 2. The van der Waals surface area contributed by atoms with Crippen molar-refractivity contribution in [2.45, 2.75) is 0 Å². The third-order valence-electron chi connectivity index (χ3n) is 3.12. The standard InChI is InChI=1S/C17H13FN4O/c18-14-8-4-5-12(9-14)11-19-22-17(23)16-10-15(20-21-16)13-6-2-1-3-7-13/h1-11H,(H,20,21)(H,22,23). The van der Waals surface area contributed by atoms with E-state index in [9.17, 15) is 9.18 Å². The molecule has 6 heteroatoms. The Morgan fingerprint density at radius 1 is 1.13 bits per heavy atom. The average molecular weight is 308 g/mol. The molecule has 0 bridgehead atoms. The normalized spacial score (nSPS) is 10.8. The zero-order chi connectivity index (χ0) is 16.1. The number of benzene rings is 2. The molecule has 3 aromatic rings. The van der Waals surface area contributed by atoms with E-state index < -0.39 is 5.91 Å². The minimum absolute atomic E-state index is 0.292. The molecule has 2 N–H and O–H groups in total. The zero-order valence-corrected chi connectivity index (χ0v) is 12.0. The van der Waals surface area contributed by atoms with Gasteiger partial charge < -0.3 is 0 Å². The van der Waals surface area contributed by atoms with Gasteiger partial charge in [-0.05, 0) is 23.8 Å². The number of nitrogens with zero attached hydrogens (tertiary/aromatic N) is 2. The molecule has 1 heterocycles.